The summed E-state index contributed by atoms with van der Waals surface area (Å²) in [5.74, 6) is -3.21. The number of aliphatic hydroxyl groups is 1. The molecule has 34 heavy (non-hydrogen) atoms. The van der Waals surface area contributed by atoms with Crippen molar-refractivity contribution in [2.24, 2.45) is 0 Å². The highest BCUT2D eigenvalue weighted by Crippen LogP contribution is 2.27. The Kier molecular flexibility index (Phi) is 7.55. The maximum absolute atomic E-state index is 13.3. The van der Waals surface area contributed by atoms with Crippen molar-refractivity contribution in [2.75, 3.05) is 6.54 Å². The monoisotopic (exact) mass is 481 g/mol. The molecule has 11 heteroatoms. The lowest BCUT2D eigenvalue weighted by atomic mass is 9.85. The summed E-state index contributed by atoms with van der Waals surface area (Å²) in [7, 11) is 0. The van der Waals surface area contributed by atoms with Gasteiger partial charge in [-0.2, -0.15) is 17.6 Å². The summed E-state index contributed by atoms with van der Waals surface area (Å²) >= 11 is 0. The molecule has 3 aromatic rings. The highest BCUT2D eigenvalue weighted by atomic mass is 19.4. The molecule has 182 valence electrons. The molecule has 1 saturated carbocycles. The number of aliphatic carboxylic acids is 1. The van der Waals surface area contributed by atoms with E-state index in [-0.39, 0.29) is 18.3 Å². The lowest BCUT2D eigenvalue weighted by molar-refractivity contribution is -0.513. The number of rotatable bonds is 4. The van der Waals surface area contributed by atoms with E-state index < -0.39 is 17.7 Å². The van der Waals surface area contributed by atoms with Crippen LogP contribution < -0.4 is 14.8 Å². The molecule has 7 nitrogen and oxygen atoms in total. The predicted molar refractivity (Wildman–Crippen MR) is 111 cm³/mol. The molecular formula is C23H23F4N3O4. The van der Waals surface area contributed by atoms with Crippen LogP contribution in [0.25, 0.3) is 16.8 Å². The second kappa shape index (κ2) is 10.2. The lowest BCUT2D eigenvalue weighted by Crippen LogP contribution is -2.46. The Balaban J connectivity index is 0.000000406. The quantitative estimate of drug-likeness (QED) is 0.392. The molecule has 0 bridgehead atoms. The average molecular weight is 481 g/mol. The zero-order valence-electron chi connectivity index (χ0n) is 18.0. The van der Waals surface area contributed by atoms with Crippen LogP contribution in [0.3, 0.4) is 0 Å². The number of carbonyl (C=O) groups is 2. The number of carboxylic acids is 1. The van der Waals surface area contributed by atoms with Crippen LogP contribution in [0.1, 0.15) is 42.7 Å². The van der Waals surface area contributed by atoms with Crippen molar-refractivity contribution in [3.8, 4) is 11.3 Å². The maximum atomic E-state index is 13.3. The third-order valence-corrected chi connectivity index (χ3v) is 5.54. The number of hydrogen-bond donors (Lipinski definition) is 3. The minimum Gasteiger partial charge on any atom is -0.542 e. The fourth-order valence-electron chi connectivity index (χ4n) is 3.80. The van der Waals surface area contributed by atoms with Crippen LogP contribution in [0.5, 0.6) is 0 Å². The van der Waals surface area contributed by atoms with Gasteiger partial charge < -0.3 is 20.3 Å². The molecule has 4 rings (SSSR count). The first-order valence-electron chi connectivity index (χ1n) is 10.6. The SMILES string of the molecule is O=C(NCC1(O)CCCCC1)c1[nH]c(-c2ccc(F)cc2)c2cccc[n+]12.O=C([O-])C(F)(F)F. The molecule has 3 N–H and O–H groups in total. The highest BCUT2D eigenvalue weighted by molar-refractivity contribution is 5.91. The first kappa shape index (κ1) is 25.2. The minimum absolute atomic E-state index is 0.242. The van der Waals surface area contributed by atoms with E-state index in [1.165, 1.54) is 12.1 Å². The van der Waals surface area contributed by atoms with Gasteiger partial charge in [0.1, 0.15) is 11.8 Å². The van der Waals surface area contributed by atoms with Gasteiger partial charge in [0.05, 0.1) is 11.8 Å². The number of carboxylic acid groups (broad SMARTS) is 1. The standard InChI is InChI=1S/C21H22FN3O2.C2HF3O2/c22-16-9-7-15(8-10-16)18-17-6-2-5-13-25(17)19(24-18)20(26)23-14-21(27)11-3-1-4-12-21;3-2(4,5)1(6)7/h2,5-10,13,27H,1,3-4,11-12,14H2,(H,23,26);(H,6,7). The van der Waals surface area contributed by atoms with Gasteiger partial charge in [0.25, 0.3) is 0 Å². The highest BCUT2D eigenvalue weighted by Gasteiger charge is 2.32. The normalized spacial score (nSPS) is 15.3. The van der Waals surface area contributed by atoms with Gasteiger partial charge in [-0.3, -0.25) is 4.79 Å². The number of alkyl halides is 3. The summed E-state index contributed by atoms with van der Waals surface area (Å²) in [5.41, 5.74) is 1.55. The van der Waals surface area contributed by atoms with E-state index in [0.29, 0.717) is 18.7 Å². The molecule has 1 aliphatic rings. The van der Waals surface area contributed by atoms with Gasteiger partial charge in [0, 0.05) is 12.1 Å². The van der Waals surface area contributed by atoms with Crippen LogP contribution in [0.15, 0.2) is 48.7 Å². The van der Waals surface area contributed by atoms with Gasteiger partial charge in [-0.25, -0.2) is 9.37 Å². The van der Waals surface area contributed by atoms with E-state index in [2.05, 4.69) is 10.3 Å². The summed E-state index contributed by atoms with van der Waals surface area (Å²) in [5, 5.41) is 22.3. The number of amides is 1. The third kappa shape index (κ3) is 6.10. The summed E-state index contributed by atoms with van der Waals surface area (Å²) in [6, 6.07) is 11.8. The number of nitrogens with one attached hydrogen (secondary N) is 2. The number of aromatic amines is 1. The molecule has 1 aromatic carbocycles. The van der Waals surface area contributed by atoms with Crippen molar-refractivity contribution in [1.82, 2.24) is 10.3 Å². The molecule has 0 radical (unpaired) electrons. The predicted octanol–water partition coefficient (Wildman–Crippen LogP) is 2.28. The number of fused-ring (bicyclic) bond motifs is 1. The molecule has 0 saturated heterocycles. The van der Waals surface area contributed by atoms with Gasteiger partial charge in [0.15, 0.2) is 11.2 Å². The topological polar surface area (TPSA) is 109 Å². The minimum atomic E-state index is -5.19. The number of H-pyrrole nitrogens is 1. The molecule has 2 heterocycles. The van der Waals surface area contributed by atoms with E-state index in [1.54, 1.807) is 16.5 Å². The van der Waals surface area contributed by atoms with E-state index in [9.17, 15) is 27.5 Å². The number of aromatic nitrogens is 2. The number of benzene rings is 1. The molecule has 2 aromatic heterocycles. The number of carbonyl (C=O) groups excluding carboxylic acids is 2. The Morgan fingerprint density at radius 1 is 1.09 bits per heavy atom. The van der Waals surface area contributed by atoms with Gasteiger partial charge in [0.2, 0.25) is 0 Å². The molecule has 0 atom stereocenters. The van der Waals surface area contributed by atoms with E-state index in [4.69, 9.17) is 9.90 Å². The smallest absolute Gasteiger partial charge is 0.430 e. The summed E-state index contributed by atoms with van der Waals surface area (Å²) in [6.07, 6.45) is 1.15. The van der Waals surface area contributed by atoms with Crippen LogP contribution in [-0.4, -0.2) is 40.3 Å². The van der Waals surface area contributed by atoms with E-state index >= 15 is 0 Å². The van der Waals surface area contributed by atoms with Crippen LogP contribution >= 0.6 is 0 Å². The fraction of sp³-hybridized carbons (Fsp3) is 0.348. The second-order valence-corrected chi connectivity index (χ2v) is 8.06. The first-order valence-corrected chi connectivity index (χ1v) is 10.6. The lowest BCUT2D eigenvalue weighted by Gasteiger charge is -2.31. The summed E-state index contributed by atoms with van der Waals surface area (Å²) in [6.45, 7) is 0.242. The van der Waals surface area contributed by atoms with Gasteiger partial charge in [-0.1, -0.05) is 25.3 Å². The van der Waals surface area contributed by atoms with E-state index in [1.807, 2.05) is 24.4 Å². The fourth-order valence-corrected chi connectivity index (χ4v) is 3.80. The Hall–Kier alpha value is -3.47. The molecule has 1 fully saturated rings. The number of nitrogens with zero attached hydrogens (tertiary/aromatic N) is 1. The maximum Gasteiger partial charge on any atom is 0.430 e. The summed E-state index contributed by atoms with van der Waals surface area (Å²) in [4.78, 5) is 24.8. The summed E-state index contributed by atoms with van der Waals surface area (Å²) < 4.78 is 46.6. The largest absolute Gasteiger partial charge is 0.542 e. The molecule has 1 amide bonds. The van der Waals surface area contributed by atoms with Crippen molar-refractivity contribution >= 4 is 17.4 Å². The van der Waals surface area contributed by atoms with E-state index in [0.717, 1.165) is 36.0 Å². The van der Waals surface area contributed by atoms with Gasteiger partial charge in [-0.15, -0.1) is 0 Å². The number of imidazole rings is 1. The third-order valence-electron chi connectivity index (χ3n) is 5.54. The van der Waals surface area contributed by atoms with Crippen molar-refractivity contribution in [2.45, 2.75) is 43.9 Å². The van der Waals surface area contributed by atoms with Crippen LogP contribution in [0, 0.1) is 5.82 Å². The number of pyridine rings is 1. The van der Waals surface area contributed by atoms with Gasteiger partial charge >= 0.3 is 17.9 Å². The number of hydrogen-bond acceptors (Lipinski definition) is 4. The van der Waals surface area contributed by atoms with Crippen LogP contribution in [-0.2, 0) is 4.79 Å². The van der Waals surface area contributed by atoms with Gasteiger partial charge in [-0.05, 0) is 49.2 Å². The molecule has 0 unspecified atom stereocenters. The Labute approximate surface area is 192 Å². The number of halogens is 4. The zero-order valence-corrected chi connectivity index (χ0v) is 18.0. The Morgan fingerprint density at radius 2 is 1.71 bits per heavy atom. The van der Waals surface area contributed by atoms with Crippen LogP contribution in [0.4, 0.5) is 17.6 Å². The van der Waals surface area contributed by atoms with Crippen LogP contribution in [0.2, 0.25) is 0 Å². The van der Waals surface area contributed by atoms with Crippen molar-refractivity contribution in [3.05, 3.63) is 60.3 Å². The Bertz CT molecular complexity index is 1150. The van der Waals surface area contributed by atoms with Crippen molar-refractivity contribution in [3.63, 3.8) is 0 Å². The average Bonchev–Trinajstić information content (AvgIpc) is 3.18. The van der Waals surface area contributed by atoms with Crippen molar-refractivity contribution in [1.29, 1.82) is 0 Å². The second-order valence-electron chi connectivity index (χ2n) is 8.06. The molecule has 0 spiro atoms. The zero-order chi connectivity index (χ0) is 24.9. The molecule has 0 aliphatic heterocycles. The molecular weight excluding hydrogens is 458 g/mol. The van der Waals surface area contributed by atoms with Crippen molar-refractivity contribution < 1.29 is 41.8 Å². The Morgan fingerprint density at radius 3 is 2.29 bits per heavy atom. The first-order chi connectivity index (χ1) is 16.0. The molecule has 1 aliphatic carbocycles.